The fourth-order valence-corrected chi connectivity index (χ4v) is 4.20. The van der Waals surface area contributed by atoms with Crippen LogP contribution in [-0.2, 0) is 24.3 Å². The van der Waals surface area contributed by atoms with Crippen molar-refractivity contribution in [2.24, 2.45) is 0 Å². The number of nitrogens with one attached hydrogen (secondary N) is 1. The standard InChI is InChI=1S/C19H28N2O6S/c1-5-13(2)20-28(24,25)17-8-6-16(7-9-17)19(23)26-12-18(22)21-10-14(3)27-15(4)11-21/h6-9,13-15,20H,5,10-12H2,1-4H3/t13-,14+,15+/m0/s1. The third-order valence-corrected chi connectivity index (χ3v) is 6.07. The van der Waals surface area contributed by atoms with E-state index in [-0.39, 0.29) is 41.2 Å². The molecule has 0 radical (unpaired) electrons. The molecule has 0 unspecified atom stereocenters. The predicted molar refractivity (Wildman–Crippen MR) is 103 cm³/mol. The topological polar surface area (TPSA) is 102 Å². The predicted octanol–water partition coefficient (Wildman–Crippen LogP) is 1.56. The van der Waals surface area contributed by atoms with E-state index in [0.29, 0.717) is 19.5 Å². The molecule has 1 aliphatic heterocycles. The molecular weight excluding hydrogens is 384 g/mol. The molecule has 1 saturated heterocycles. The van der Waals surface area contributed by atoms with Gasteiger partial charge in [-0.05, 0) is 51.5 Å². The Morgan fingerprint density at radius 2 is 1.79 bits per heavy atom. The van der Waals surface area contributed by atoms with Crippen LogP contribution in [0.5, 0.6) is 0 Å². The van der Waals surface area contributed by atoms with Crippen LogP contribution in [0.3, 0.4) is 0 Å². The maximum atomic E-state index is 12.2. The molecule has 1 aromatic rings. The molecule has 156 valence electrons. The molecule has 2 rings (SSSR count). The highest BCUT2D eigenvalue weighted by atomic mass is 32.2. The van der Waals surface area contributed by atoms with Crippen molar-refractivity contribution in [1.29, 1.82) is 0 Å². The molecule has 0 spiro atoms. The van der Waals surface area contributed by atoms with Crippen molar-refractivity contribution in [1.82, 2.24) is 9.62 Å². The van der Waals surface area contributed by atoms with Crippen LogP contribution >= 0.6 is 0 Å². The summed E-state index contributed by atoms with van der Waals surface area (Å²) in [6.45, 7) is 7.96. The van der Waals surface area contributed by atoms with Crippen LogP contribution in [0.2, 0.25) is 0 Å². The molecule has 0 saturated carbocycles. The number of esters is 1. The van der Waals surface area contributed by atoms with Crippen molar-refractivity contribution in [3.8, 4) is 0 Å². The van der Waals surface area contributed by atoms with Crippen LogP contribution in [0.15, 0.2) is 29.2 Å². The van der Waals surface area contributed by atoms with E-state index in [1.807, 2.05) is 20.8 Å². The Balaban J connectivity index is 1.93. The van der Waals surface area contributed by atoms with Crippen molar-refractivity contribution in [3.05, 3.63) is 29.8 Å². The number of ether oxygens (including phenoxy) is 2. The van der Waals surface area contributed by atoms with Gasteiger partial charge in [-0.15, -0.1) is 0 Å². The molecular formula is C19H28N2O6S. The van der Waals surface area contributed by atoms with E-state index < -0.39 is 16.0 Å². The summed E-state index contributed by atoms with van der Waals surface area (Å²) < 4.78 is 37.7. The number of hydrogen-bond acceptors (Lipinski definition) is 6. The lowest BCUT2D eigenvalue weighted by molar-refractivity contribution is -0.146. The molecule has 9 heteroatoms. The van der Waals surface area contributed by atoms with Gasteiger partial charge in [-0.25, -0.2) is 17.9 Å². The summed E-state index contributed by atoms with van der Waals surface area (Å²) in [5.41, 5.74) is 0.180. The zero-order valence-electron chi connectivity index (χ0n) is 16.7. The fraction of sp³-hybridized carbons (Fsp3) is 0.579. The quantitative estimate of drug-likeness (QED) is 0.682. The summed E-state index contributed by atoms with van der Waals surface area (Å²) in [7, 11) is -3.64. The van der Waals surface area contributed by atoms with Gasteiger partial charge in [-0.1, -0.05) is 6.92 Å². The van der Waals surface area contributed by atoms with E-state index in [0.717, 1.165) is 0 Å². The number of morpholine rings is 1. The van der Waals surface area contributed by atoms with Gasteiger partial charge in [-0.3, -0.25) is 4.79 Å². The van der Waals surface area contributed by atoms with Crippen LogP contribution in [-0.4, -0.2) is 63.1 Å². The average molecular weight is 413 g/mol. The van der Waals surface area contributed by atoms with Crippen molar-refractivity contribution in [2.45, 2.75) is 57.3 Å². The highest BCUT2D eigenvalue weighted by molar-refractivity contribution is 7.89. The number of rotatable bonds is 7. The van der Waals surface area contributed by atoms with Crippen molar-refractivity contribution >= 4 is 21.9 Å². The van der Waals surface area contributed by atoms with Gasteiger partial charge in [0, 0.05) is 19.1 Å². The summed E-state index contributed by atoms with van der Waals surface area (Å²) >= 11 is 0. The number of hydrogen-bond donors (Lipinski definition) is 1. The molecule has 0 bridgehead atoms. The first-order valence-electron chi connectivity index (χ1n) is 9.35. The first-order chi connectivity index (χ1) is 13.1. The van der Waals surface area contributed by atoms with E-state index in [1.54, 1.807) is 11.8 Å². The minimum absolute atomic E-state index is 0.0664. The molecule has 1 amide bonds. The zero-order chi connectivity index (χ0) is 20.9. The molecule has 1 aromatic carbocycles. The highest BCUT2D eigenvalue weighted by Gasteiger charge is 2.26. The Morgan fingerprint density at radius 3 is 2.32 bits per heavy atom. The Kier molecular flexibility index (Phi) is 7.56. The monoisotopic (exact) mass is 412 g/mol. The van der Waals surface area contributed by atoms with Crippen molar-refractivity contribution in [3.63, 3.8) is 0 Å². The second kappa shape index (κ2) is 9.49. The molecule has 0 aromatic heterocycles. The maximum Gasteiger partial charge on any atom is 0.338 e. The number of carbonyl (C=O) groups is 2. The van der Waals surface area contributed by atoms with E-state index in [1.165, 1.54) is 24.3 Å². The molecule has 1 fully saturated rings. The van der Waals surface area contributed by atoms with Gasteiger partial charge in [0.15, 0.2) is 6.61 Å². The van der Waals surface area contributed by atoms with Gasteiger partial charge in [0.1, 0.15) is 0 Å². The Hall–Kier alpha value is -1.97. The highest BCUT2D eigenvalue weighted by Crippen LogP contribution is 2.14. The summed E-state index contributed by atoms with van der Waals surface area (Å²) in [6.07, 6.45) is 0.530. The molecule has 1 heterocycles. The van der Waals surface area contributed by atoms with E-state index >= 15 is 0 Å². The molecule has 1 aliphatic rings. The molecule has 28 heavy (non-hydrogen) atoms. The minimum atomic E-state index is -3.64. The van der Waals surface area contributed by atoms with Crippen molar-refractivity contribution in [2.75, 3.05) is 19.7 Å². The van der Waals surface area contributed by atoms with Gasteiger partial charge in [0.05, 0.1) is 22.7 Å². The zero-order valence-corrected chi connectivity index (χ0v) is 17.5. The van der Waals surface area contributed by atoms with E-state index in [9.17, 15) is 18.0 Å². The Bertz CT molecular complexity index is 783. The van der Waals surface area contributed by atoms with Crippen molar-refractivity contribution < 1.29 is 27.5 Å². The number of benzene rings is 1. The molecule has 3 atom stereocenters. The minimum Gasteiger partial charge on any atom is -0.452 e. The summed E-state index contributed by atoms with van der Waals surface area (Å²) in [5, 5.41) is 0. The smallest absolute Gasteiger partial charge is 0.338 e. The number of carbonyl (C=O) groups excluding carboxylic acids is 2. The number of nitrogens with zero attached hydrogens (tertiary/aromatic N) is 1. The third kappa shape index (κ3) is 6.02. The van der Waals surface area contributed by atoms with Crippen LogP contribution in [0.25, 0.3) is 0 Å². The van der Waals surface area contributed by atoms with Gasteiger partial charge in [-0.2, -0.15) is 0 Å². The Morgan fingerprint density at radius 1 is 1.21 bits per heavy atom. The normalized spacial score (nSPS) is 21.2. The Labute approximate surface area is 166 Å². The summed E-state index contributed by atoms with van der Waals surface area (Å²) in [5.74, 6) is -0.964. The van der Waals surface area contributed by atoms with Gasteiger partial charge < -0.3 is 14.4 Å². The van der Waals surface area contributed by atoms with Crippen LogP contribution < -0.4 is 4.72 Å². The van der Waals surface area contributed by atoms with Crippen LogP contribution in [0, 0.1) is 0 Å². The first kappa shape index (κ1) is 22.3. The van der Waals surface area contributed by atoms with E-state index in [2.05, 4.69) is 4.72 Å². The average Bonchev–Trinajstić information content (AvgIpc) is 2.64. The van der Waals surface area contributed by atoms with Gasteiger partial charge in [0.25, 0.3) is 5.91 Å². The number of sulfonamides is 1. The van der Waals surface area contributed by atoms with Gasteiger partial charge >= 0.3 is 5.97 Å². The lowest BCUT2D eigenvalue weighted by Crippen LogP contribution is -2.49. The van der Waals surface area contributed by atoms with Crippen LogP contribution in [0.4, 0.5) is 0 Å². The summed E-state index contributed by atoms with van der Waals surface area (Å²) in [4.78, 5) is 26.1. The second-order valence-electron chi connectivity index (χ2n) is 7.09. The SMILES string of the molecule is CC[C@H](C)NS(=O)(=O)c1ccc(C(=O)OCC(=O)N2C[C@@H](C)O[C@H](C)C2)cc1. The fourth-order valence-electron chi connectivity index (χ4n) is 2.87. The lowest BCUT2D eigenvalue weighted by Gasteiger charge is -2.35. The largest absolute Gasteiger partial charge is 0.452 e. The maximum absolute atomic E-state index is 12.2. The lowest BCUT2D eigenvalue weighted by atomic mass is 10.2. The summed E-state index contributed by atoms with van der Waals surface area (Å²) in [6, 6.07) is 5.24. The second-order valence-corrected chi connectivity index (χ2v) is 8.80. The molecule has 0 aliphatic carbocycles. The van der Waals surface area contributed by atoms with Gasteiger partial charge in [0.2, 0.25) is 10.0 Å². The molecule has 8 nitrogen and oxygen atoms in total. The third-order valence-electron chi connectivity index (χ3n) is 4.47. The first-order valence-corrected chi connectivity index (χ1v) is 10.8. The van der Waals surface area contributed by atoms with E-state index in [4.69, 9.17) is 9.47 Å². The molecule has 1 N–H and O–H groups in total. The number of amides is 1. The van der Waals surface area contributed by atoms with Crippen LogP contribution in [0.1, 0.15) is 44.5 Å².